The zero-order valence-electron chi connectivity index (χ0n) is 13.5. The minimum absolute atomic E-state index is 0.498. The molecule has 25 heavy (non-hydrogen) atoms. The van der Waals surface area contributed by atoms with E-state index in [0.717, 1.165) is 34.2 Å². The molecular weight excluding hydrogens is 338 g/mol. The van der Waals surface area contributed by atoms with Crippen LogP contribution in [-0.2, 0) is 0 Å². The number of rotatable bonds is 4. The molecule has 0 saturated carbocycles. The van der Waals surface area contributed by atoms with Gasteiger partial charge in [-0.2, -0.15) is 4.98 Å². The van der Waals surface area contributed by atoms with Crippen molar-refractivity contribution in [3.8, 4) is 5.75 Å². The maximum absolute atomic E-state index is 6.01. The number of fused-ring (bicyclic) bond motifs is 1. The Morgan fingerprint density at radius 1 is 1.12 bits per heavy atom. The number of anilines is 5. The highest BCUT2D eigenvalue weighted by molar-refractivity contribution is 6.30. The summed E-state index contributed by atoms with van der Waals surface area (Å²) in [7, 11) is 0. The first-order valence-corrected chi connectivity index (χ1v) is 8.19. The molecule has 126 valence electrons. The van der Waals surface area contributed by atoms with Crippen LogP contribution in [0.15, 0.2) is 48.7 Å². The quantitative estimate of drug-likeness (QED) is 0.632. The van der Waals surface area contributed by atoms with Crippen LogP contribution in [0.1, 0.15) is 5.56 Å². The summed E-state index contributed by atoms with van der Waals surface area (Å²) in [5, 5.41) is 10.3. The number of nitrogens with one attached hydrogen (secondary N) is 3. The van der Waals surface area contributed by atoms with Crippen molar-refractivity contribution in [2.45, 2.75) is 6.92 Å². The standard InChI is InChI=1S/C18H16ClN5O/c1-11-9-20-18(23-13-4-2-3-12(19)7-13)24-17(11)22-14-5-6-16-15(8-14)21-10-25-16/h2-9,21H,10H2,1H3,(H2,20,22,23,24). The second kappa shape index (κ2) is 6.49. The van der Waals surface area contributed by atoms with Gasteiger partial charge in [0.1, 0.15) is 11.6 Å². The normalized spacial score (nSPS) is 12.1. The molecule has 7 heteroatoms. The van der Waals surface area contributed by atoms with E-state index in [1.165, 1.54) is 0 Å². The van der Waals surface area contributed by atoms with Crippen molar-refractivity contribution in [3.05, 3.63) is 59.2 Å². The highest BCUT2D eigenvalue weighted by atomic mass is 35.5. The smallest absolute Gasteiger partial charge is 0.229 e. The Balaban J connectivity index is 1.57. The van der Waals surface area contributed by atoms with Crippen molar-refractivity contribution in [3.63, 3.8) is 0 Å². The van der Waals surface area contributed by atoms with Crippen LogP contribution in [0.5, 0.6) is 5.75 Å². The number of ether oxygens (including phenoxy) is 1. The maximum atomic E-state index is 6.01. The Kier molecular flexibility index (Phi) is 4.03. The first-order chi connectivity index (χ1) is 12.2. The fourth-order valence-corrected chi connectivity index (χ4v) is 2.71. The monoisotopic (exact) mass is 353 g/mol. The van der Waals surface area contributed by atoms with E-state index in [1.807, 2.05) is 49.4 Å². The zero-order chi connectivity index (χ0) is 17.2. The van der Waals surface area contributed by atoms with E-state index in [1.54, 1.807) is 6.20 Å². The van der Waals surface area contributed by atoms with Gasteiger partial charge in [0.05, 0.1) is 5.69 Å². The van der Waals surface area contributed by atoms with Crippen LogP contribution in [-0.4, -0.2) is 16.7 Å². The van der Waals surface area contributed by atoms with E-state index in [-0.39, 0.29) is 0 Å². The van der Waals surface area contributed by atoms with Crippen LogP contribution < -0.4 is 20.7 Å². The highest BCUT2D eigenvalue weighted by Crippen LogP contribution is 2.33. The molecule has 0 bridgehead atoms. The lowest BCUT2D eigenvalue weighted by atomic mass is 10.2. The lowest BCUT2D eigenvalue weighted by molar-refractivity contribution is 0.372. The molecule has 0 saturated heterocycles. The van der Waals surface area contributed by atoms with E-state index in [4.69, 9.17) is 16.3 Å². The van der Waals surface area contributed by atoms with Gasteiger partial charge in [-0.05, 0) is 43.3 Å². The maximum Gasteiger partial charge on any atom is 0.229 e. The Labute approximate surface area is 150 Å². The lowest BCUT2D eigenvalue weighted by Crippen LogP contribution is -2.03. The number of hydrogen-bond acceptors (Lipinski definition) is 6. The van der Waals surface area contributed by atoms with Gasteiger partial charge < -0.3 is 20.7 Å². The third-order valence-electron chi connectivity index (χ3n) is 3.79. The van der Waals surface area contributed by atoms with Crippen molar-refractivity contribution < 1.29 is 4.74 Å². The first-order valence-electron chi connectivity index (χ1n) is 7.81. The van der Waals surface area contributed by atoms with E-state index >= 15 is 0 Å². The van der Waals surface area contributed by atoms with Gasteiger partial charge >= 0.3 is 0 Å². The number of nitrogens with zero attached hydrogens (tertiary/aromatic N) is 2. The molecule has 0 amide bonds. The van der Waals surface area contributed by atoms with Crippen molar-refractivity contribution in [1.82, 2.24) is 9.97 Å². The number of halogens is 1. The summed E-state index contributed by atoms with van der Waals surface area (Å²) in [6.45, 7) is 2.46. The third kappa shape index (κ3) is 3.44. The molecule has 1 aliphatic rings. The van der Waals surface area contributed by atoms with Crippen molar-refractivity contribution in [2.24, 2.45) is 0 Å². The molecule has 0 spiro atoms. The van der Waals surface area contributed by atoms with Gasteiger partial charge in [-0.1, -0.05) is 17.7 Å². The molecule has 1 aromatic heterocycles. The minimum Gasteiger partial charge on any atom is -0.471 e. The highest BCUT2D eigenvalue weighted by Gasteiger charge is 2.12. The van der Waals surface area contributed by atoms with Crippen LogP contribution in [0.25, 0.3) is 0 Å². The zero-order valence-corrected chi connectivity index (χ0v) is 14.3. The van der Waals surface area contributed by atoms with Crippen LogP contribution in [0.4, 0.5) is 28.8 Å². The van der Waals surface area contributed by atoms with Crippen molar-refractivity contribution in [1.29, 1.82) is 0 Å². The van der Waals surface area contributed by atoms with Gasteiger partial charge in [-0.15, -0.1) is 0 Å². The van der Waals surface area contributed by atoms with Gasteiger partial charge in [-0.3, -0.25) is 0 Å². The molecule has 3 aromatic rings. The fourth-order valence-electron chi connectivity index (χ4n) is 2.52. The summed E-state index contributed by atoms with van der Waals surface area (Å²) >= 11 is 6.01. The Morgan fingerprint density at radius 2 is 2.00 bits per heavy atom. The second-order valence-electron chi connectivity index (χ2n) is 5.66. The molecule has 3 N–H and O–H groups in total. The van der Waals surface area contributed by atoms with E-state index in [2.05, 4.69) is 25.9 Å². The molecule has 0 atom stereocenters. The fraction of sp³-hybridized carbons (Fsp3) is 0.111. The first kappa shape index (κ1) is 15.5. The SMILES string of the molecule is Cc1cnc(Nc2cccc(Cl)c2)nc1Nc1ccc2c(c1)NCO2. The molecule has 2 heterocycles. The number of hydrogen-bond donors (Lipinski definition) is 3. The summed E-state index contributed by atoms with van der Waals surface area (Å²) in [4.78, 5) is 8.88. The van der Waals surface area contributed by atoms with Crippen molar-refractivity contribution >= 4 is 40.4 Å². The predicted octanol–water partition coefficient (Wildman–Crippen LogP) is 4.69. The number of benzene rings is 2. The molecule has 2 aromatic carbocycles. The lowest BCUT2D eigenvalue weighted by Gasteiger charge is -2.12. The average molecular weight is 354 g/mol. The van der Waals surface area contributed by atoms with Gasteiger partial charge in [0.25, 0.3) is 0 Å². The Morgan fingerprint density at radius 3 is 2.88 bits per heavy atom. The molecule has 0 aliphatic carbocycles. The Hall–Kier alpha value is -2.99. The molecule has 4 rings (SSSR count). The Bertz CT molecular complexity index is 931. The van der Waals surface area contributed by atoms with E-state index in [0.29, 0.717) is 17.7 Å². The largest absolute Gasteiger partial charge is 0.471 e. The van der Waals surface area contributed by atoms with Crippen LogP contribution in [0.3, 0.4) is 0 Å². The molecule has 0 radical (unpaired) electrons. The summed E-state index contributed by atoms with van der Waals surface area (Å²) in [5.74, 6) is 2.09. The van der Waals surface area contributed by atoms with E-state index < -0.39 is 0 Å². The minimum atomic E-state index is 0.498. The van der Waals surface area contributed by atoms with Gasteiger partial charge in [0.2, 0.25) is 5.95 Å². The summed E-state index contributed by atoms with van der Waals surface area (Å²) < 4.78 is 5.44. The van der Waals surface area contributed by atoms with Gasteiger partial charge in [0.15, 0.2) is 6.73 Å². The van der Waals surface area contributed by atoms with Crippen molar-refractivity contribution in [2.75, 3.05) is 22.7 Å². The molecule has 6 nitrogen and oxygen atoms in total. The predicted molar refractivity (Wildman–Crippen MR) is 100 cm³/mol. The van der Waals surface area contributed by atoms with Crippen LogP contribution in [0.2, 0.25) is 5.02 Å². The van der Waals surface area contributed by atoms with Crippen LogP contribution in [0, 0.1) is 6.92 Å². The van der Waals surface area contributed by atoms with Gasteiger partial charge in [0, 0.05) is 28.2 Å². The summed E-state index contributed by atoms with van der Waals surface area (Å²) in [6, 6.07) is 13.3. The third-order valence-corrected chi connectivity index (χ3v) is 4.02. The molecular formula is C18H16ClN5O. The van der Waals surface area contributed by atoms with Gasteiger partial charge in [-0.25, -0.2) is 4.98 Å². The number of aryl methyl sites for hydroxylation is 1. The summed E-state index contributed by atoms with van der Waals surface area (Å²) in [5.41, 5.74) is 3.67. The topological polar surface area (TPSA) is 71.1 Å². The molecule has 0 unspecified atom stereocenters. The van der Waals surface area contributed by atoms with Crippen LogP contribution >= 0.6 is 11.6 Å². The molecule has 1 aliphatic heterocycles. The summed E-state index contributed by atoms with van der Waals surface area (Å²) in [6.07, 6.45) is 1.77. The molecule has 0 fully saturated rings. The van der Waals surface area contributed by atoms with E-state index in [9.17, 15) is 0 Å². The number of aromatic nitrogens is 2. The average Bonchev–Trinajstić information content (AvgIpc) is 3.06. The second-order valence-corrected chi connectivity index (χ2v) is 6.10.